The van der Waals surface area contributed by atoms with Crippen LogP contribution >= 0.6 is 0 Å². The molecule has 328 valence electrons. The number of anilines is 3. The summed E-state index contributed by atoms with van der Waals surface area (Å²) in [6.45, 7) is 0. The molecule has 0 spiro atoms. The Hall–Kier alpha value is -9.18. The number of rotatable bonds is 8. The molecule has 70 heavy (non-hydrogen) atoms. The van der Waals surface area contributed by atoms with E-state index in [1.807, 2.05) is 0 Å². The minimum atomic E-state index is -0.531. The molecule has 0 amide bonds. The highest BCUT2D eigenvalue weighted by molar-refractivity contribution is 6.18. The van der Waals surface area contributed by atoms with E-state index in [4.69, 9.17) is 4.42 Å². The van der Waals surface area contributed by atoms with Crippen molar-refractivity contribution in [3.63, 3.8) is 0 Å². The van der Waals surface area contributed by atoms with Crippen LogP contribution in [0, 0.1) is 0 Å². The molecule has 0 aliphatic heterocycles. The van der Waals surface area contributed by atoms with Crippen molar-refractivity contribution in [3.05, 3.63) is 289 Å². The molecule has 2 aromatic heterocycles. The number of furan rings is 1. The number of hydrogen-bond donors (Lipinski definition) is 0. The molecule has 0 saturated heterocycles. The van der Waals surface area contributed by atoms with Crippen molar-refractivity contribution in [1.82, 2.24) is 4.57 Å². The van der Waals surface area contributed by atoms with Gasteiger partial charge in [0.05, 0.1) is 10.9 Å². The molecule has 3 nitrogen and oxygen atoms in total. The first-order valence-corrected chi connectivity index (χ1v) is 24.1. The van der Waals surface area contributed by atoms with Crippen molar-refractivity contribution >= 4 is 60.8 Å². The maximum atomic E-state index is 6.97. The fourth-order valence-electron chi connectivity index (χ4n) is 11.6. The lowest BCUT2D eigenvalue weighted by atomic mass is 9.67. The van der Waals surface area contributed by atoms with Gasteiger partial charge in [0.15, 0.2) is 5.58 Å². The third kappa shape index (κ3) is 6.01. The lowest BCUT2D eigenvalue weighted by Crippen LogP contribution is -2.28. The minimum absolute atomic E-state index is 0.531. The largest absolute Gasteiger partial charge is 0.453 e. The molecule has 0 fully saturated rings. The summed E-state index contributed by atoms with van der Waals surface area (Å²) in [5.74, 6) is 0. The van der Waals surface area contributed by atoms with Crippen LogP contribution in [0.3, 0.4) is 0 Å². The van der Waals surface area contributed by atoms with Crippen LogP contribution in [0.5, 0.6) is 0 Å². The summed E-state index contributed by atoms with van der Waals surface area (Å²) >= 11 is 0. The molecule has 13 aromatic rings. The van der Waals surface area contributed by atoms with E-state index >= 15 is 0 Å². The maximum Gasteiger partial charge on any atom is 0.161 e. The minimum Gasteiger partial charge on any atom is -0.453 e. The van der Waals surface area contributed by atoms with Crippen molar-refractivity contribution in [3.8, 4) is 39.1 Å². The van der Waals surface area contributed by atoms with E-state index in [9.17, 15) is 0 Å². The Kier molecular flexibility index (Phi) is 9.11. The monoisotopic (exact) mass is 892 g/mol. The highest BCUT2D eigenvalue weighted by atomic mass is 16.3. The summed E-state index contributed by atoms with van der Waals surface area (Å²) in [6.07, 6.45) is 0. The number of nitrogens with zero attached hydrogens (tertiary/aromatic N) is 2. The average Bonchev–Trinajstić information content (AvgIpc) is 4.08. The molecule has 1 aliphatic carbocycles. The van der Waals surface area contributed by atoms with Gasteiger partial charge < -0.3 is 13.9 Å². The third-order valence-corrected chi connectivity index (χ3v) is 14.7. The van der Waals surface area contributed by atoms with Crippen LogP contribution in [0.2, 0.25) is 0 Å². The van der Waals surface area contributed by atoms with E-state index in [0.717, 1.165) is 66.8 Å². The van der Waals surface area contributed by atoms with Gasteiger partial charge in [-0.1, -0.05) is 200 Å². The van der Waals surface area contributed by atoms with Gasteiger partial charge in [-0.15, -0.1) is 0 Å². The molecule has 3 heteroatoms. The first-order chi connectivity index (χ1) is 34.7. The first-order valence-electron chi connectivity index (χ1n) is 24.1. The molecule has 11 aromatic carbocycles. The summed E-state index contributed by atoms with van der Waals surface area (Å²) in [7, 11) is 0. The normalized spacial score (nSPS) is 12.7. The molecule has 14 rings (SSSR count). The molecule has 0 unspecified atom stereocenters. The Morgan fingerprint density at radius 2 is 0.857 bits per heavy atom. The second-order valence-electron chi connectivity index (χ2n) is 18.4. The van der Waals surface area contributed by atoms with Gasteiger partial charge >= 0.3 is 0 Å². The van der Waals surface area contributed by atoms with E-state index in [-0.39, 0.29) is 0 Å². The van der Waals surface area contributed by atoms with Crippen LogP contribution in [-0.4, -0.2) is 4.57 Å². The number of para-hydroxylation sites is 3. The van der Waals surface area contributed by atoms with Crippen molar-refractivity contribution < 1.29 is 4.42 Å². The second-order valence-corrected chi connectivity index (χ2v) is 18.4. The number of fused-ring (bicyclic) bond motifs is 9. The molecule has 0 N–H and O–H groups in total. The van der Waals surface area contributed by atoms with Gasteiger partial charge in [0.1, 0.15) is 11.1 Å². The van der Waals surface area contributed by atoms with Crippen molar-refractivity contribution in [2.75, 3.05) is 4.90 Å². The average molecular weight is 893 g/mol. The van der Waals surface area contributed by atoms with Gasteiger partial charge in [0.2, 0.25) is 0 Å². The van der Waals surface area contributed by atoms with Gasteiger partial charge in [-0.05, 0) is 128 Å². The summed E-state index contributed by atoms with van der Waals surface area (Å²) in [5.41, 5.74) is 19.9. The third-order valence-electron chi connectivity index (χ3n) is 14.7. The zero-order chi connectivity index (χ0) is 46.2. The van der Waals surface area contributed by atoms with Crippen molar-refractivity contribution in [2.45, 2.75) is 5.41 Å². The number of aromatic nitrogens is 1. The van der Waals surface area contributed by atoms with Crippen LogP contribution < -0.4 is 4.90 Å². The Labute approximate surface area is 406 Å². The van der Waals surface area contributed by atoms with Crippen LogP contribution in [0.1, 0.15) is 22.3 Å². The van der Waals surface area contributed by atoms with Crippen molar-refractivity contribution in [1.29, 1.82) is 0 Å². The zero-order valence-corrected chi connectivity index (χ0v) is 38.2. The number of benzene rings is 11. The topological polar surface area (TPSA) is 21.3 Å². The fraction of sp³-hybridized carbons (Fsp3) is 0.0149. The highest BCUT2D eigenvalue weighted by Gasteiger charge is 2.46. The van der Waals surface area contributed by atoms with E-state index in [1.54, 1.807) is 0 Å². The smallest absolute Gasteiger partial charge is 0.161 e. The van der Waals surface area contributed by atoms with Crippen LogP contribution in [0.25, 0.3) is 82.8 Å². The highest BCUT2D eigenvalue weighted by Crippen LogP contribution is 2.57. The summed E-state index contributed by atoms with van der Waals surface area (Å²) in [6, 6.07) is 97.1. The standard InChI is InChI=1S/C67H44N2O/c1-4-20-48(21-5-1)67(49-22-6-2-7-23-49)61-32-14-12-27-57(61)58-43-42-53(44-62(58)67)68(51-38-34-46(35-39-51)55-29-16-19-45-18-10-11-26-54(45)55)52-40-36-47(37-41-52)56-30-17-31-60-64-66(70-65(56)60)59-28-13-15-33-63(59)69(64)50-24-8-3-9-25-50/h1-44H. The van der Waals surface area contributed by atoms with Gasteiger partial charge in [0.25, 0.3) is 0 Å². The lowest BCUT2D eigenvalue weighted by Gasteiger charge is -2.35. The Morgan fingerprint density at radius 1 is 0.343 bits per heavy atom. The SMILES string of the molecule is c1ccc(-n2c3ccccc3c3oc4c(-c5ccc(N(c6ccc(-c7cccc8ccccc78)cc6)c6ccc7c(c6)C(c6ccccc6)(c6ccccc6)c6ccccc6-7)cc5)cccc4c32)cc1. The summed E-state index contributed by atoms with van der Waals surface area (Å²) in [5, 5.41) is 4.67. The van der Waals surface area contributed by atoms with Gasteiger partial charge in [-0.2, -0.15) is 0 Å². The molecule has 1 aliphatic rings. The predicted octanol–water partition coefficient (Wildman–Crippen LogP) is 17.8. The first kappa shape index (κ1) is 39.9. The molecule has 0 atom stereocenters. The van der Waals surface area contributed by atoms with E-state index < -0.39 is 5.41 Å². The second kappa shape index (κ2) is 16.0. The Bertz CT molecular complexity index is 4050. The van der Waals surface area contributed by atoms with Crippen LogP contribution in [0.15, 0.2) is 271 Å². The molecular formula is C67H44N2O. The maximum absolute atomic E-state index is 6.97. The van der Waals surface area contributed by atoms with Crippen molar-refractivity contribution in [2.24, 2.45) is 0 Å². The number of hydrogen-bond acceptors (Lipinski definition) is 2. The summed E-state index contributed by atoms with van der Waals surface area (Å²) in [4.78, 5) is 2.41. The van der Waals surface area contributed by atoms with Gasteiger partial charge in [0, 0.05) is 39.1 Å². The zero-order valence-electron chi connectivity index (χ0n) is 38.2. The molecule has 0 radical (unpaired) electrons. The van der Waals surface area contributed by atoms with Gasteiger partial charge in [-0.3, -0.25) is 0 Å². The fourth-order valence-corrected chi connectivity index (χ4v) is 11.6. The summed E-state index contributed by atoms with van der Waals surface area (Å²) < 4.78 is 9.31. The molecular weight excluding hydrogens is 849 g/mol. The Balaban J connectivity index is 0.945. The molecule has 0 saturated carbocycles. The molecule has 0 bridgehead atoms. The van der Waals surface area contributed by atoms with E-state index in [0.29, 0.717) is 0 Å². The van der Waals surface area contributed by atoms with Crippen LogP contribution in [-0.2, 0) is 5.41 Å². The van der Waals surface area contributed by atoms with Gasteiger partial charge in [-0.25, -0.2) is 0 Å². The van der Waals surface area contributed by atoms with Crippen LogP contribution in [0.4, 0.5) is 17.1 Å². The quantitative estimate of drug-likeness (QED) is 0.152. The van der Waals surface area contributed by atoms with E-state index in [1.165, 1.54) is 55.3 Å². The van der Waals surface area contributed by atoms with E-state index in [2.05, 4.69) is 276 Å². The molecule has 2 heterocycles. The lowest BCUT2D eigenvalue weighted by molar-refractivity contribution is 0.674. The Morgan fingerprint density at radius 3 is 1.59 bits per heavy atom. The predicted molar refractivity (Wildman–Crippen MR) is 291 cm³/mol.